The zero-order chi connectivity index (χ0) is 9.65. The molecule has 14 heavy (non-hydrogen) atoms. The third-order valence-corrected chi connectivity index (χ3v) is 0.357. The van der Waals surface area contributed by atoms with Gasteiger partial charge in [-0.1, -0.05) is 0 Å². The van der Waals surface area contributed by atoms with E-state index in [1.165, 1.54) is 6.92 Å². The number of carbonyl (C=O) groups is 1. The van der Waals surface area contributed by atoms with E-state index < -0.39 is 22.5 Å². The van der Waals surface area contributed by atoms with E-state index in [9.17, 15) is 4.79 Å². The van der Waals surface area contributed by atoms with E-state index in [-0.39, 0.29) is 64.3 Å². The molecular formula is C3H15Al2NaO7S. The molecule has 0 saturated carbocycles. The monoisotopic (exact) mass is 272 g/mol. The number of carboxylic acids is 1. The number of hydrogen-bond acceptors (Lipinski definition) is 4. The molecule has 0 amide bonds. The first-order valence-electron chi connectivity index (χ1n) is 2.25. The number of hydrogen-bond donors (Lipinski definition) is 4. The van der Waals surface area contributed by atoms with Crippen molar-refractivity contribution in [3.8, 4) is 0 Å². The van der Waals surface area contributed by atoms with Gasteiger partial charge in [0.15, 0.2) is 34.7 Å². The van der Waals surface area contributed by atoms with Crippen LogP contribution in [0.5, 0.6) is 0 Å². The normalized spacial score (nSPS) is 10.0. The van der Waals surface area contributed by atoms with Crippen molar-refractivity contribution in [2.45, 2.75) is 13.0 Å². The summed E-state index contributed by atoms with van der Waals surface area (Å²) in [6, 6.07) is 0. The van der Waals surface area contributed by atoms with Crippen LogP contribution >= 0.6 is 0 Å². The predicted octanol–water partition coefficient (Wildman–Crippen LogP) is -4.22. The summed E-state index contributed by atoms with van der Waals surface area (Å²) in [6.07, 6.45) is -1.23. The second kappa shape index (κ2) is 14.4. The molecule has 0 aliphatic rings. The molecule has 0 spiro atoms. The van der Waals surface area contributed by atoms with Crippen molar-refractivity contribution < 1.29 is 32.5 Å². The van der Waals surface area contributed by atoms with E-state index in [2.05, 4.69) is 0 Å². The Labute approximate surface area is 125 Å². The van der Waals surface area contributed by atoms with E-state index in [0.717, 1.165) is 0 Å². The van der Waals surface area contributed by atoms with Crippen LogP contribution in [0.4, 0.5) is 0 Å². The molecule has 82 valence electrons. The molecule has 0 heterocycles. The van der Waals surface area contributed by atoms with Crippen LogP contribution < -0.4 is 0 Å². The molecule has 0 rings (SSSR count). The SMILES string of the molecule is CC(O)C(=O)O.O=S(=O)(O)O.[AlH3].[AlH3].[NaH]. The minimum absolute atomic E-state index is 0. The molecule has 4 N–H and O–H groups in total. The van der Waals surface area contributed by atoms with E-state index in [1.807, 2.05) is 0 Å². The Morgan fingerprint density at radius 2 is 1.29 bits per heavy atom. The molecule has 11 heteroatoms. The Morgan fingerprint density at radius 3 is 1.29 bits per heavy atom. The summed E-state index contributed by atoms with van der Waals surface area (Å²) in [6.45, 7) is 1.20. The van der Waals surface area contributed by atoms with Gasteiger partial charge >= 0.3 is 45.9 Å². The maximum absolute atomic E-state index is 9.45. The van der Waals surface area contributed by atoms with Crippen molar-refractivity contribution in [3.05, 3.63) is 0 Å². The molecule has 0 radical (unpaired) electrons. The maximum atomic E-state index is 9.45. The number of aliphatic carboxylic acids is 1. The fourth-order valence-corrected chi connectivity index (χ4v) is 0. The van der Waals surface area contributed by atoms with Gasteiger partial charge in [0.25, 0.3) is 0 Å². The van der Waals surface area contributed by atoms with Gasteiger partial charge in [-0.3, -0.25) is 9.11 Å². The average molecular weight is 272 g/mol. The number of carboxylic acid groups (broad SMARTS) is 1. The quantitative estimate of drug-likeness (QED) is 0.281. The predicted molar refractivity (Wildman–Crippen MR) is 60.5 cm³/mol. The van der Waals surface area contributed by atoms with Gasteiger partial charge in [0, 0.05) is 0 Å². The van der Waals surface area contributed by atoms with Crippen LogP contribution in [0.1, 0.15) is 6.92 Å². The molecule has 1 unspecified atom stereocenters. The third kappa shape index (κ3) is 71.0. The van der Waals surface area contributed by atoms with Crippen LogP contribution in [0.3, 0.4) is 0 Å². The van der Waals surface area contributed by atoms with Gasteiger partial charge < -0.3 is 10.2 Å². The molecule has 0 saturated heterocycles. The first kappa shape index (κ1) is 29.5. The van der Waals surface area contributed by atoms with Gasteiger partial charge in [-0.15, -0.1) is 0 Å². The molecule has 0 aromatic rings. The third-order valence-electron chi connectivity index (χ3n) is 0.357. The average Bonchev–Trinajstić information content (AvgIpc) is 1.59. The van der Waals surface area contributed by atoms with Crippen LogP contribution in [0.2, 0.25) is 0 Å². The molecule has 0 aliphatic heterocycles. The van der Waals surface area contributed by atoms with E-state index in [1.54, 1.807) is 0 Å². The number of rotatable bonds is 1. The zero-order valence-electron chi connectivity index (χ0n) is 5.50. The van der Waals surface area contributed by atoms with Crippen molar-refractivity contribution in [1.29, 1.82) is 0 Å². The van der Waals surface area contributed by atoms with Crippen molar-refractivity contribution in [1.82, 2.24) is 0 Å². The Hall–Kier alpha value is 1.36. The summed E-state index contributed by atoms with van der Waals surface area (Å²) >= 11 is 0. The Balaban J connectivity index is -0.0000000321. The molecular weight excluding hydrogens is 257 g/mol. The van der Waals surface area contributed by atoms with E-state index >= 15 is 0 Å². The topological polar surface area (TPSA) is 132 Å². The first-order valence-corrected chi connectivity index (χ1v) is 3.65. The van der Waals surface area contributed by atoms with Crippen LogP contribution in [-0.4, -0.2) is 104 Å². The minimum atomic E-state index is -4.67. The van der Waals surface area contributed by atoms with Gasteiger partial charge in [-0.05, 0) is 6.92 Å². The molecule has 7 nitrogen and oxygen atoms in total. The van der Waals surface area contributed by atoms with Crippen molar-refractivity contribution in [3.63, 3.8) is 0 Å². The second-order valence-corrected chi connectivity index (χ2v) is 2.36. The number of aliphatic hydroxyl groups excluding tert-OH is 1. The summed E-state index contributed by atoms with van der Waals surface area (Å²) < 4.78 is 31.6. The Bertz CT molecular complexity index is 207. The molecule has 0 aromatic heterocycles. The van der Waals surface area contributed by atoms with Crippen LogP contribution in [0, 0.1) is 0 Å². The van der Waals surface area contributed by atoms with Gasteiger partial charge in [0.05, 0.1) is 0 Å². The van der Waals surface area contributed by atoms with E-state index in [4.69, 9.17) is 27.7 Å². The Morgan fingerprint density at radius 1 is 1.21 bits per heavy atom. The zero-order valence-corrected chi connectivity index (χ0v) is 6.32. The standard InChI is InChI=1S/C3H6O3.2Al.Na.H2O4S.7H/c1-2(4)3(5)6;;;;1-5(2,3)4;;;;;;;/h2,4H,1H3,(H,5,6);;;;(H2,1,2,3,4);;;;;;;. The van der Waals surface area contributed by atoms with Crippen LogP contribution in [0.15, 0.2) is 0 Å². The van der Waals surface area contributed by atoms with Crippen LogP contribution in [0.25, 0.3) is 0 Å². The molecule has 1 atom stereocenters. The second-order valence-electron chi connectivity index (χ2n) is 1.46. The Kier molecular flexibility index (Phi) is 30.3. The first-order chi connectivity index (χ1) is 4.64. The van der Waals surface area contributed by atoms with Gasteiger partial charge in [-0.2, -0.15) is 8.42 Å². The van der Waals surface area contributed by atoms with Gasteiger partial charge in [0.1, 0.15) is 6.10 Å². The van der Waals surface area contributed by atoms with Crippen molar-refractivity contribution in [2.75, 3.05) is 0 Å². The van der Waals surface area contributed by atoms with Gasteiger partial charge in [-0.25, -0.2) is 4.79 Å². The van der Waals surface area contributed by atoms with E-state index in [0.29, 0.717) is 0 Å². The molecule has 0 bridgehead atoms. The molecule has 0 fully saturated rings. The van der Waals surface area contributed by atoms with Crippen molar-refractivity contribution in [2.24, 2.45) is 0 Å². The van der Waals surface area contributed by atoms with Gasteiger partial charge in [0.2, 0.25) is 0 Å². The summed E-state index contributed by atoms with van der Waals surface area (Å²) in [5, 5.41) is 15.8. The summed E-state index contributed by atoms with van der Waals surface area (Å²) in [7, 11) is -4.67. The molecule has 0 aliphatic carbocycles. The summed E-state index contributed by atoms with van der Waals surface area (Å²) in [5.74, 6) is -1.19. The fraction of sp³-hybridized carbons (Fsp3) is 0.667. The van der Waals surface area contributed by atoms with Crippen LogP contribution in [-0.2, 0) is 15.2 Å². The summed E-state index contributed by atoms with van der Waals surface area (Å²) in [4.78, 5) is 9.45. The molecule has 0 aromatic carbocycles. The summed E-state index contributed by atoms with van der Waals surface area (Å²) in [5.41, 5.74) is 0. The van der Waals surface area contributed by atoms with Crippen molar-refractivity contribution >= 4 is 80.6 Å². The fourth-order valence-electron chi connectivity index (χ4n) is 0. The number of aliphatic hydroxyl groups is 1.